The molecule has 120 valence electrons. The lowest BCUT2D eigenvalue weighted by Gasteiger charge is -2.34. The molecule has 0 spiro atoms. The van der Waals surface area contributed by atoms with Crippen LogP contribution in [0.1, 0.15) is 32.6 Å². The number of ether oxygens (including phenoxy) is 1. The van der Waals surface area contributed by atoms with Crippen molar-refractivity contribution in [2.45, 2.75) is 38.7 Å². The highest BCUT2D eigenvalue weighted by molar-refractivity contribution is 5.81. The van der Waals surface area contributed by atoms with E-state index in [0.29, 0.717) is 18.7 Å². The van der Waals surface area contributed by atoms with Crippen LogP contribution in [0.5, 0.6) is 5.75 Å². The summed E-state index contributed by atoms with van der Waals surface area (Å²) in [5.41, 5.74) is 0. The Bertz CT molecular complexity index is 503. The van der Waals surface area contributed by atoms with E-state index in [1.165, 1.54) is 0 Å². The Hall–Kier alpha value is -2.04. The van der Waals surface area contributed by atoms with Gasteiger partial charge < -0.3 is 14.7 Å². The molecule has 1 heterocycles. The summed E-state index contributed by atoms with van der Waals surface area (Å²) in [5, 5.41) is 8.77. The zero-order valence-electron chi connectivity index (χ0n) is 12.9. The van der Waals surface area contributed by atoms with Gasteiger partial charge in [-0.2, -0.15) is 0 Å². The van der Waals surface area contributed by atoms with Crippen LogP contribution in [0, 0.1) is 5.92 Å². The van der Waals surface area contributed by atoms with E-state index in [0.717, 1.165) is 19.4 Å². The summed E-state index contributed by atoms with van der Waals surface area (Å²) in [6.07, 6.45) is 2.19. The van der Waals surface area contributed by atoms with Crippen LogP contribution < -0.4 is 4.74 Å². The molecule has 1 amide bonds. The van der Waals surface area contributed by atoms with E-state index in [-0.39, 0.29) is 18.2 Å². The summed E-state index contributed by atoms with van der Waals surface area (Å²) >= 11 is 0. The van der Waals surface area contributed by atoms with Crippen LogP contribution >= 0.6 is 0 Å². The number of carboxylic acids is 1. The minimum atomic E-state index is -0.774. The molecule has 0 saturated carbocycles. The van der Waals surface area contributed by atoms with E-state index in [4.69, 9.17) is 9.84 Å². The normalized spacial score (nSPS) is 19.5. The number of piperidine rings is 1. The number of rotatable bonds is 6. The van der Waals surface area contributed by atoms with E-state index in [1.807, 2.05) is 35.2 Å². The number of hydrogen-bond donors (Lipinski definition) is 1. The Balaban J connectivity index is 1.86. The monoisotopic (exact) mass is 305 g/mol. The molecule has 1 fully saturated rings. The first-order valence-corrected chi connectivity index (χ1v) is 7.78. The van der Waals surface area contributed by atoms with Gasteiger partial charge in [-0.15, -0.1) is 0 Å². The quantitative estimate of drug-likeness (QED) is 0.877. The van der Waals surface area contributed by atoms with Gasteiger partial charge in [0.1, 0.15) is 5.75 Å². The Morgan fingerprint density at radius 2 is 2.09 bits per heavy atom. The molecule has 0 unspecified atom stereocenters. The Labute approximate surface area is 130 Å². The lowest BCUT2D eigenvalue weighted by molar-refractivity contribution is -0.140. The fourth-order valence-corrected chi connectivity index (χ4v) is 2.84. The van der Waals surface area contributed by atoms with Gasteiger partial charge in [0.25, 0.3) is 5.91 Å². The number of benzene rings is 1. The van der Waals surface area contributed by atoms with Crippen molar-refractivity contribution in [3.63, 3.8) is 0 Å². The Morgan fingerprint density at radius 1 is 1.36 bits per heavy atom. The van der Waals surface area contributed by atoms with Gasteiger partial charge in [-0.25, -0.2) is 0 Å². The lowest BCUT2D eigenvalue weighted by Crippen LogP contribution is -2.45. The maximum atomic E-state index is 12.5. The van der Waals surface area contributed by atoms with Crippen molar-refractivity contribution in [3.05, 3.63) is 30.3 Å². The minimum absolute atomic E-state index is 0.0242. The van der Waals surface area contributed by atoms with Gasteiger partial charge in [0.05, 0.1) is 0 Å². The highest BCUT2D eigenvalue weighted by atomic mass is 16.5. The number of hydrogen-bond acceptors (Lipinski definition) is 3. The highest BCUT2D eigenvalue weighted by Crippen LogP contribution is 2.22. The molecule has 0 radical (unpaired) electrons. The Morgan fingerprint density at radius 3 is 2.77 bits per heavy atom. The predicted molar refractivity (Wildman–Crippen MR) is 82.7 cm³/mol. The van der Waals surface area contributed by atoms with Gasteiger partial charge in [-0.3, -0.25) is 9.59 Å². The number of likely N-dealkylation sites (tertiary alicyclic amines) is 1. The van der Waals surface area contributed by atoms with Crippen molar-refractivity contribution in [2.75, 3.05) is 13.1 Å². The summed E-state index contributed by atoms with van der Waals surface area (Å²) in [7, 11) is 0. The molecule has 1 saturated heterocycles. The molecule has 5 heteroatoms. The molecule has 1 aromatic rings. The summed E-state index contributed by atoms with van der Waals surface area (Å²) < 4.78 is 5.68. The number of aliphatic carboxylic acids is 1. The number of carbonyl (C=O) groups is 2. The van der Waals surface area contributed by atoms with Crippen LogP contribution in [0.2, 0.25) is 0 Å². The SMILES string of the molecule is C[C@H](Oc1ccccc1)C(=O)N1CCC[C@@H](CCC(=O)O)C1. The third-order valence-electron chi connectivity index (χ3n) is 4.00. The zero-order chi connectivity index (χ0) is 15.9. The van der Waals surface area contributed by atoms with Gasteiger partial charge in [0.2, 0.25) is 0 Å². The summed E-state index contributed by atoms with van der Waals surface area (Å²) in [6.45, 7) is 3.12. The first-order chi connectivity index (χ1) is 10.6. The van der Waals surface area contributed by atoms with E-state index in [9.17, 15) is 9.59 Å². The third-order valence-corrected chi connectivity index (χ3v) is 4.00. The fourth-order valence-electron chi connectivity index (χ4n) is 2.84. The molecule has 1 aliphatic heterocycles. The topological polar surface area (TPSA) is 66.8 Å². The molecule has 0 aliphatic carbocycles. The van der Waals surface area contributed by atoms with Crippen molar-refractivity contribution in [1.29, 1.82) is 0 Å². The van der Waals surface area contributed by atoms with E-state index < -0.39 is 12.1 Å². The maximum absolute atomic E-state index is 12.5. The maximum Gasteiger partial charge on any atom is 0.303 e. The van der Waals surface area contributed by atoms with Crippen LogP contribution in [-0.2, 0) is 9.59 Å². The molecular formula is C17H23NO4. The molecule has 1 aromatic carbocycles. The average Bonchev–Trinajstić information content (AvgIpc) is 2.53. The van der Waals surface area contributed by atoms with Gasteiger partial charge in [-0.1, -0.05) is 18.2 Å². The predicted octanol–water partition coefficient (Wildman–Crippen LogP) is 2.56. The molecule has 0 aromatic heterocycles. The minimum Gasteiger partial charge on any atom is -0.481 e. The summed E-state index contributed by atoms with van der Waals surface area (Å²) in [4.78, 5) is 24.9. The van der Waals surface area contributed by atoms with Gasteiger partial charge in [0.15, 0.2) is 6.10 Å². The second kappa shape index (κ2) is 7.82. The molecule has 2 rings (SSSR count). The third kappa shape index (κ3) is 4.76. The molecule has 0 bridgehead atoms. The van der Waals surface area contributed by atoms with Crippen LogP contribution in [0.4, 0.5) is 0 Å². The number of amides is 1. The van der Waals surface area contributed by atoms with Crippen molar-refractivity contribution in [2.24, 2.45) is 5.92 Å². The van der Waals surface area contributed by atoms with Crippen LogP contribution in [-0.4, -0.2) is 41.1 Å². The first-order valence-electron chi connectivity index (χ1n) is 7.78. The Kier molecular flexibility index (Phi) is 5.81. The van der Waals surface area contributed by atoms with E-state index in [2.05, 4.69) is 0 Å². The van der Waals surface area contributed by atoms with Crippen LogP contribution in [0.3, 0.4) is 0 Å². The molecule has 5 nitrogen and oxygen atoms in total. The standard InChI is InChI=1S/C17H23NO4/c1-13(22-15-7-3-2-4-8-15)17(21)18-11-5-6-14(12-18)9-10-16(19)20/h2-4,7-8,13-14H,5-6,9-12H2,1H3,(H,19,20)/t13-,14-/m0/s1. The fraction of sp³-hybridized carbons (Fsp3) is 0.529. The molecular weight excluding hydrogens is 282 g/mol. The summed E-state index contributed by atoms with van der Waals surface area (Å²) in [6, 6.07) is 9.30. The number of carboxylic acid groups (broad SMARTS) is 1. The van der Waals surface area contributed by atoms with Gasteiger partial charge in [-0.05, 0) is 44.2 Å². The van der Waals surface area contributed by atoms with Gasteiger partial charge in [0, 0.05) is 19.5 Å². The number of carbonyl (C=O) groups excluding carboxylic acids is 1. The van der Waals surface area contributed by atoms with Crippen molar-refractivity contribution in [1.82, 2.24) is 4.90 Å². The first kappa shape index (κ1) is 16.3. The van der Waals surface area contributed by atoms with Crippen LogP contribution in [0.25, 0.3) is 0 Å². The summed E-state index contributed by atoms with van der Waals surface area (Å²) in [5.74, 6) is 0.161. The second-order valence-electron chi connectivity index (χ2n) is 5.80. The lowest BCUT2D eigenvalue weighted by atomic mass is 9.93. The molecule has 1 N–H and O–H groups in total. The average molecular weight is 305 g/mol. The molecule has 1 aliphatic rings. The van der Waals surface area contributed by atoms with Crippen molar-refractivity contribution in [3.8, 4) is 5.75 Å². The van der Waals surface area contributed by atoms with E-state index in [1.54, 1.807) is 6.92 Å². The zero-order valence-corrected chi connectivity index (χ0v) is 12.9. The van der Waals surface area contributed by atoms with Crippen molar-refractivity contribution >= 4 is 11.9 Å². The van der Waals surface area contributed by atoms with Crippen molar-refractivity contribution < 1.29 is 19.4 Å². The highest BCUT2D eigenvalue weighted by Gasteiger charge is 2.27. The smallest absolute Gasteiger partial charge is 0.303 e. The number of nitrogens with zero attached hydrogens (tertiary/aromatic N) is 1. The molecule has 2 atom stereocenters. The number of para-hydroxylation sites is 1. The largest absolute Gasteiger partial charge is 0.481 e. The molecule has 22 heavy (non-hydrogen) atoms. The van der Waals surface area contributed by atoms with E-state index >= 15 is 0 Å². The van der Waals surface area contributed by atoms with Gasteiger partial charge >= 0.3 is 5.97 Å². The van der Waals surface area contributed by atoms with Crippen LogP contribution in [0.15, 0.2) is 30.3 Å². The second-order valence-corrected chi connectivity index (χ2v) is 5.80.